The van der Waals surface area contributed by atoms with Crippen molar-refractivity contribution in [3.8, 4) is 5.75 Å². The molecule has 1 unspecified atom stereocenters. The third-order valence-corrected chi connectivity index (χ3v) is 6.53. The lowest BCUT2D eigenvalue weighted by Crippen LogP contribution is -2.42. The summed E-state index contributed by atoms with van der Waals surface area (Å²) in [7, 11) is -1.70. The SMILES string of the molecule is COc1ccc(N(C(=O)Cn2c(CS(C)(=O)=O)nc3ccccc32)C(C)C2CC2)cc1. The number of ether oxygens (including phenoxy) is 1. The summed E-state index contributed by atoms with van der Waals surface area (Å²) in [5, 5.41) is 0. The van der Waals surface area contributed by atoms with Crippen LogP contribution in [0.5, 0.6) is 5.75 Å². The molecule has 1 saturated carbocycles. The summed E-state index contributed by atoms with van der Waals surface area (Å²) in [6.07, 6.45) is 3.39. The standard InChI is InChI=1S/C23H27N3O4S/c1-16(17-8-9-17)26(18-10-12-19(30-2)13-11-18)23(27)14-25-21-7-5-4-6-20(21)24-22(25)15-31(3,28)29/h4-7,10-13,16-17H,8-9,14-15H2,1-3H3. The molecule has 1 fully saturated rings. The fourth-order valence-electron chi connectivity index (χ4n) is 4.00. The van der Waals surface area contributed by atoms with Gasteiger partial charge in [0, 0.05) is 18.0 Å². The topological polar surface area (TPSA) is 81.5 Å². The highest BCUT2D eigenvalue weighted by molar-refractivity contribution is 7.89. The van der Waals surface area contributed by atoms with Crippen LogP contribution < -0.4 is 9.64 Å². The van der Waals surface area contributed by atoms with E-state index in [1.165, 1.54) is 6.26 Å². The second-order valence-corrected chi connectivity index (χ2v) is 10.4. The van der Waals surface area contributed by atoms with E-state index in [0.717, 1.165) is 29.8 Å². The van der Waals surface area contributed by atoms with Crippen LogP contribution in [0.15, 0.2) is 48.5 Å². The van der Waals surface area contributed by atoms with Gasteiger partial charge in [-0.15, -0.1) is 0 Å². The van der Waals surface area contributed by atoms with Gasteiger partial charge < -0.3 is 14.2 Å². The Hall–Kier alpha value is -2.87. The van der Waals surface area contributed by atoms with Crippen molar-refractivity contribution >= 4 is 32.5 Å². The van der Waals surface area contributed by atoms with E-state index in [1.54, 1.807) is 11.7 Å². The van der Waals surface area contributed by atoms with Gasteiger partial charge in [-0.25, -0.2) is 13.4 Å². The van der Waals surface area contributed by atoms with Gasteiger partial charge in [0.1, 0.15) is 23.9 Å². The number of carbonyl (C=O) groups is 1. The largest absolute Gasteiger partial charge is 0.497 e. The monoisotopic (exact) mass is 441 g/mol. The first kappa shape index (κ1) is 21.4. The number of para-hydroxylation sites is 2. The number of methoxy groups -OCH3 is 1. The zero-order valence-corrected chi connectivity index (χ0v) is 18.8. The van der Waals surface area contributed by atoms with Gasteiger partial charge in [0.05, 0.1) is 18.1 Å². The molecular weight excluding hydrogens is 414 g/mol. The minimum Gasteiger partial charge on any atom is -0.497 e. The Labute approximate surface area is 182 Å². The Morgan fingerprint density at radius 1 is 1.19 bits per heavy atom. The number of aromatic nitrogens is 2. The molecule has 3 aromatic rings. The third kappa shape index (κ3) is 4.74. The summed E-state index contributed by atoms with van der Waals surface area (Å²) < 4.78 is 30.9. The average molecular weight is 442 g/mol. The number of rotatable bonds is 8. The van der Waals surface area contributed by atoms with Crippen LogP contribution in [0.25, 0.3) is 11.0 Å². The van der Waals surface area contributed by atoms with Crippen LogP contribution in [-0.4, -0.2) is 43.3 Å². The highest BCUT2D eigenvalue weighted by atomic mass is 32.2. The van der Waals surface area contributed by atoms with Crippen molar-refractivity contribution in [1.82, 2.24) is 9.55 Å². The van der Waals surface area contributed by atoms with Crippen LogP contribution in [-0.2, 0) is 26.9 Å². The van der Waals surface area contributed by atoms with Crippen molar-refractivity contribution in [2.45, 2.75) is 38.1 Å². The van der Waals surface area contributed by atoms with Gasteiger partial charge in [-0.2, -0.15) is 0 Å². The van der Waals surface area contributed by atoms with Gasteiger partial charge in [0.25, 0.3) is 0 Å². The van der Waals surface area contributed by atoms with Crippen molar-refractivity contribution in [1.29, 1.82) is 0 Å². The number of hydrogen-bond donors (Lipinski definition) is 0. The van der Waals surface area contributed by atoms with Crippen molar-refractivity contribution in [3.63, 3.8) is 0 Å². The molecule has 4 rings (SSSR count). The van der Waals surface area contributed by atoms with Crippen molar-refractivity contribution in [3.05, 3.63) is 54.4 Å². The number of hydrogen-bond acceptors (Lipinski definition) is 5. The molecule has 31 heavy (non-hydrogen) atoms. The third-order valence-electron chi connectivity index (χ3n) is 5.75. The molecule has 0 bridgehead atoms. The number of sulfone groups is 1. The maximum Gasteiger partial charge on any atom is 0.247 e. The van der Waals surface area contributed by atoms with E-state index in [4.69, 9.17) is 4.74 Å². The average Bonchev–Trinajstić information content (AvgIpc) is 3.52. The Balaban J connectivity index is 1.71. The molecule has 1 aliphatic rings. The number of nitrogens with zero attached hydrogens (tertiary/aromatic N) is 3. The molecule has 1 aromatic heterocycles. The fraction of sp³-hybridized carbons (Fsp3) is 0.391. The predicted octanol–water partition coefficient (Wildman–Crippen LogP) is 3.42. The van der Waals surface area contributed by atoms with E-state index < -0.39 is 9.84 Å². The summed E-state index contributed by atoms with van der Waals surface area (Å²) in [5.74, 6) is 1.27. The lowest BCUT2D eigenvalue weighted by atomic mass is 10.1. The zero-order chi connectivity index (χ0) is 22.2. The van der Waals surface area contributed by atoms with Gasteiger partial charge in [0.15, 0.2) is 9.84 Å². The van der Waals surface area contributed by atoms with Gasteiger partial charge in [-0.1, -0.05) is 12.1 Å². The molecule has 0 N–H and O–H groups in total. The summed E-state index contributed by atoms with van der Waals surface area (Å²) in [6.45, 7) is 2.09. The van der Waals surface area contributed by atoms with Gasteiger partial charge in [-0.3, -0.25) is 4.79 Å². The first-order chi connectivity index (χ1) is 14.8. The smallest absolute Gasteiger partial charge is 0.247 e. The second kappa shape index (κ2) is 8.34. The molecule has 1 aliphatic carbocycles. The fourth-order valence-corrected chi connectivity index (χ4v) is 4.69. The van der Waals surface area contributed by atoms with Crippen molar-refractivity contribution in [2.75, 3.05) is 18.3 Å². The Kier molecular flexibility index (Phi) is 5.75. The lowest BCUT2D eigenvalue weighted by Gasteiger charge is -2.30. The molecule has 1 atom stereocenters. The molecule has 1 amide bonds. The first-order valence-electron chi connectivity index (χ1n) is 10.3. The number of fused-ring (bicyclic) bond motifs is 1. The summed E-state index contributed by atoms with van der Waals surface area (Å²) in [6, 6.07) is 14.9. The highest BCUT2D eigenvalue weighted by Gasteiger charge is 2.35. The highest BCUT2D eigenvalue weighted by Crippen LogP contribution is 2.37. The zero-order valence-electron chi connectivity index (χ0n) is 18.0. The quantitative estimate of drug-likeness (QED) is 0.535. The van der Waals surface area contributed by atoms with Crippen LogP contribution in [0.2, 0.25) is 0 Å². The van der Waals surface area contributed by atoms with Crippen LogP contribution >= 0.6 is 0 Å². The maximum absolute atomic E-state index is 13.6. The van der Waals surface area contributed by atoms with E-state index in [-0.39, 0.29) is 24.2 Å². The minimum atomic E-state index is -3.31. The Bertz CT molecular complexity index is 1200. The van der Waals surface area contributed by atoms with Crippen LogP contribution in [0.1, 0.15) is 25.6 Å². The number of imidazole rings is 1. The van der Waals surface area contributed by atoms with E-state index in [1.807, 2.05) is 53.4 Å². The molecule has 2 aromatic carbocycles. The molecule has 1 heterocycles. The lowest BCUT2D eigenvalue weighted by molar-refractivity contribution is -0.119. The van der Waals surface area contributed by atoms with E-state index in [9.17, 15) is 13.2 Å². The van der Waals surface area contributed by atoms with Crippen LogP contribution in [0.4, 0.5) is 5.69 Å². The molecule has 8 heteroatoms. The molecule has 0 radical (unpaired) electrons. The van der Waals surface area contributed by atoms with E-state index in [2.05, 4.69) is 11.9 Å². The molecule has 0 saturated heterocycles. The number of carbonyl (C=O) groups excluding carboxylic acids is 1. The number of anilines is 1. The molecule has 0 aliphatic heterocycles. The molecule has 164 valence electrons. The number of benzene rings is 2. The summed E-state index contributed by atoms with van der Waals surface area (Å²) in [5.41, 5.74) is 2.24. The maximum atomic E-state index is 13.6. The van der Waals surface area contributed by atoms with Gasteiger partial charge >= 0.3 is 0 Å². The van der Waals surface area contributed by atoms with Crippen LogP contribution in [0, 0.1) is 5.92 Å². The molecular formula is C23H27N3O4S. The molecule has 0 spiro atoms. The summed E-state index contributed by atoms with van der Waals surface area (Å²) in [4.78, 5) is 19.9. The normalized spacial score (nSPS) is 15.1. The van der Waals surface area contributed by atoms with Gasteiger partial charge in [0.2, 0.25) is 5.91 Å². The summed E-state index contributed by atoms with van der Waals surface area (Å²) >= 11 is 0. The van der Waals surface area contributed by atoms with Gasteiger partial charge in [-0.05, 0) is 62.1 Å². The van der Waals surface area contributed by atoms with Crippen molar-refractivity contribution < 1.29 is 17.9 Å². The Morgan fingerprint density at radius 2 is 1.87 bits per heavy atom. The van der Waals surface area contributed by atoms with E-state index >= 15 is 0 Å². The molecule has 7 nitrogen and oxygen atoms in total. The minimum absolute atomic E-state index is 0.0223. The Morgan fingerprint density at radius 3 is 2.48 bits per heavy atom. The number of amides is 1. The van der Waals surface area contributed by atoms with Crippen LogP contribution in [0.3, 0.4) is 0 Å². The van der Waals surface area contributed by atoms with Crippen molar-refractivity contribution in [2.24, 2.45) is 5.92 Å². The van der Waals surface area contributed by atoms with E-state index in [0.29, 0.717) is 17.3 Å². The second-order valence-electron chi connectivity index (χ2n) is 8.21. The first-order valence-corrected chi connectivity index (χ1v) is 12.4. The predicted molar refractivity (Wildman–Crippen MR) is 121 cm³/mol.